The molecule has 39 heavy (non-hydrogen) atoms. The largest absolute Gasteiger partial charge is 0.449 e. The summed E-state index contributed by atoms with van der Waals surface area (Å²) in [6, 6.07) is 5.88. The molecule has 1 aliphatic rings. The van der Waals surface area contributed by atoms with Crippen LogP contribution in [0.15, 0.2) is 24.3 Å². The number of rotatable bonds is 12. The summed E-state index contributed by atoms with van der Waals surface area (Å²) in [7, 11) is -3.44. The van der Waals surface area contributed by atoms with Crippen molar-refractivity contribution in [3.63, 3.8) is 0 Å². The molecule has 220 valence electrons. The van der Waals surface area contributed by atoms with Crippen LogP contribution in [0.1, 0.15) is 59.9 Å². The molecule has 0 radical (unpaired) electrons. The molecule has 0 bridgehead atoms. The van der Waals surface area contributed by atoms with Crippen molar-refractivity contribution in [2.75, 3.05) is 46.0 Å². The number of carbonyl (C=O) groups excluding carboxylic acids is 3. The van der Waals surface area contributed by atoms with Crippen LogP contribution in [0, 0.1) is 0 Å². The van der Waals surface area contributed by atoms with Crippen LogP contribution in [0.4, 0.5) is 9.59 Å². The van der Waals surface area contributed by atoms with E-state index in [1.54, 1.807) is 68.7 Å². The Balaban J connectivity index is 2.14. The van der Waals surface area contributed by atoms with Crippen LogP contribution in [-0.4, -0.2) is 85.5 Å². The third-order valence-corrected chi connectivity index (χ3v) is 7.98. The Hall–Kier alpha value is -2.62. The topological polar surface area (TPSA) is 124 Å². The molecule has 1 aromatic carbocycles. The Bertz CT molecular complexity index is 978. The first-order valence-corrected chi connectivity index (χ1v) is 15.1. The molecule has 1 fully saturated rings. The second-order valence-electron chi connectivity index (χ2n) is 10.2. The summed E-state index contributed by atoms with van der Waals surface area (Å²) in [5, 5.41) is 3.13. The maximum Gasteiger partial charge on any atom is 0.409 e. The van der Waals surface area contributed by atoms with Crippen LogP contribution >= 0.6 is 7.60 Å². The van der Waals surface area contributed by atoms with Crippen LogP contribution < -0.4 is 10.6 Å². The zero-order chi connectivity index (χ0) is 29.1. The molecule has 1 N–H and O–H groups in total. The van der Waals surface area contributed by atoms with E-state index in [1.165, 1.54) is 0 Å². The molecular weight excluding hydrogens is 525 g/mol. The molecule has 0 aromatic heterocycles. The highest BCUT2D eigenvalue weighted by Gasteiger charge is 2.32. The van der Waals surface area contributed by atoms with Crippen molar-refractivity contribution in [1.82, 2.24) is 15.1 Å². The maximum absolute atomic E-state index is 13.5. The van der Waals surface area contributed by atoms with E-state index in [0.717, 1.165) is 18.4 Å². The number of benzene rings is 1. The number of nitrogens with one attached hydrogen (secondary N) is 1. The van der Waals surface area contributed by atoms with E-state index in [1.807, 2.05) is 6.92 Å². The molecule has 0 spiro atoms. The Labute approximate surface area is 232 Å². The fourth-order valence-corrected chi connectivity index (χ4v) is 5.52. The molecule has 1 aromatic rings. The van der Waals surface area contributed by atoms with Gasteiger partial charge in [0.15, 0.2) is 0 Å². The number of alkyl carbamates (subject to hydrolysis) is 1. The lowest BCUT2D eigenvalue weighted by atomic mass is 10.0. The highest BCUT2D eigenvalue weighted by Crippen LogP contribution is 2.46. The number of carbonyl (C=O) groups is 3. The van der Waals surface area contributed by atoms with Gasteiger partial charge in [-0.25, -0.2) is 9.59 Å². The second-order valence-corrected chi connectivity index (χ2v) is 12.2. The highest BCUT2D eigenvalue weighted by atomic mass is 31.2. The van der Waals surface area contributed by atoms with Crippen LogP contribution in [0.25, 0.3) is 0 Å². The normalized spacial score (nSPS) is 15.0. The lowest BCUT2D eigenvalue weighted by molar-refractivity contribution is -0.135. The van der Waals surface area contributed by atoms with Crippen molar-refractivity contribution in [2.45, 2.75) is 72.4 Å². The van der Waals surface area contributed by atoms with Gasteiger partial charge in [0.05, 0.1) is 25.1 Å². The van der Waals surface area contributed by atoms with E-state index >= 15 is 0 Å². The highest BCUT2D eigenvalue weighted by molar-refractivity contribution is 7.62. The summed E-state index contributed by atoms with van der Waals surface area (Å²) < 4.78 is 34.6. The molecule has 0 aliphatic carbocycles. The summed E-state index contributed by atoms with van der Waals surface area (Å²) >= 11 is 0. The third kappa shape index (κ3) is 10.5. The Morgan fingerprint density at radius 1 is 0.949 bits per heavy atom. The smallest absolute Gasteiger partial charge is 0.409 e. The molecule has 1 heterocycles. The minimum Gasteiger partial charge on any atom is -0.449 e. The zero-order valence-corrected chi connectivity index (χ0v) is 25.0. The van der Waals surface area contributed by atoms with Gasteiger partial charge in [0.2, 0.25) is 5.91 Å². The number of unbranched alkanes of at least 4 members (excludes halogenated alkanes) is 1. The van der Waals surface area contributed by atoms with Crippen molar-refractivity contribution in [3.05, 3.63) is 29.8 Å². The van der Waals surface area contributed by atoms with Crippen molar-refractivity contribution >= 4 is 31.0 Å². The Kier molecular flexibility index (Phi) is 12.7. The standard InChI is InChI=1S/C27H44N3O8P/c1-7-10-19-35-26(33)30-17-15-29(16-18-30)24(31)23(28-25(32)38-27(4,5)6)20-21-11-13-22(14-12-21)39(34,36-8-2)37-9-3/h11-14,23H,7-10,15-20H2,1-6H3,(H,28,32)/t23-/m0/s1. The van der Waals surface area contributed by atoms with Gasteiger partial charge in [-0.2, -0.15) is 0 Å². The maximum atomic E-state index is 13.5. The van der Waals surface area contributed by atoms with Gasteiger partial charge in [-0.15, -0.1) is 0 Å². The summed E-state index contributed by atoms with van der Waals surface area (Å²) in [4.78, 5) is 41.6. The Morgan fingerprint density at radius 2 is 1.51 bits per heavy atom. The minimum absolute atomic E-state index is 0.186. The average Bonchev–Trinajstić information content (AvgIpc) is 2.87. The van der Waals surface area contributed by atoms with Gasteiger partial charge in [-0.3, -0.25) is 9.36 Å². The predicted octanol–water partition coefficient (Wildman–Crippen LogP) is 4.09. The zero-order valence-electron chi connectivity index (χ0n) is 24.1. The van der Waals surface area contributed by atoms with Crippen LogP contribution in [0.5, 0.6) is 0 Å². The lowest BCUT2D eigenvalue weighted by Crippen LogP contribution is -2.56. The van der Waals surface area contributed by atoms with Gasteiger partial charge in [0, 0.05) is 32.6 Å². The molecule has 11 nitrogen and oxygen atoms in total. The summed E-state index contributed by atoms with van der Waals surface area (Å²) in [6.45, 7) is 12.9. The van der Waals surface area contributed by atoms with Gasteiger partial charge in [-0.05, 0) is 58.7 Å². The average molecular weight is 570 g/mol. The SMILES string of the molecule is CCCCOC(=O)N1CCN(C(=O)[C@H](Cc2ccc(P(=O)(OCC)OCC)cc2)NC(=O)OC(C)(C)C)CC1. The Morgan fingerprint density at radius 3 is 2.03 bits per heavy atom. The van der Waals surface area contributed by atoms with E-state index in [9.17, 15) is 18.9 Å². The van der Waals surface area contributed by atoms with Crippen molar-refractivity contribution in [1.29, 1.82) is 0 Å². The number of amides is 3. The van der Waals surface area contributed by atoms with Crippen molar-refractivity contribution < 1.29 is 37.5 Å². The van der Waals surface area contributed by atoms with Crippen molar-refractivity contribution in [3.8, 4) is 0 Å². The lowest BCUT2D eigenvalue weighted by Gasteiger charge is -2.36. The van der Waals surface area contributed by atoms with Crippen LogP contribution in [0.2, 0.25) is 0 Å². The molecule has 12 heteroatoms. The minimum atomic E-state index is -3.44. The number of hydrogen-bond donors (Lipinski definition) is 1. The van der Waals surface area contributed by atoms with Crippen molar-refractivity contribution in [2.24, 2.45) is 0 Å². The van der Waals surface area contributed by atoms with Crippen LogP contribution in [-0.2, 0) is 34.3 Å². The predicted molar refractivity (Wildman–Crippen MR) is 148 cm³/mol. The third-order valence-electron chi connectivity index (χ3n) is 5.85. The first kappa shape index (κ1) is 32.6. The van der Waals surface area contributed by atoms with E-state index in [2.05, 4.69) is 5.32 Å². The molecule has 0 unspecified atom stereocenters. The molecule has 1 atom stereocenters. The summed E-state index contributed by atoms with van der Waals surface area (Å²) in [6.07, 6.45) is 0.842. The van der Waals surface area contributed by atoms with Gasteiger partial charge >= 0.3 is 19.8 Å². The number of hydrogen-bond acceptors (Lipinski definition) is 8. The van der Waals surface area contributed by atoms with Gasteiger partial charge < -0.3 is 33.6 Å². The monoisotopic (exact) mass is 569 g/mol. The van der Waals surface area contributed by atoms with E-state index in [-0.39, 0.29) is 31.6 Å². The first-order chi connectivity index (χ1) is 18.4. The molecule has 2 rings (SSSR count). The van der Waals surface area contributed by atoms with E-state index in [4.69, 9.17) is 18.5 Å². The van der Waals surface area contributed by atoms with Crippen LogP contribution in [0.3, 0.4) is 0 Å². The van der Waals surface area contributed by atoms with E-state index in [0.29, 0.717) is 38.1 Å². The van der Waals surface area contributed by atoms with Gasteiger partial charge in [0.1, 0.15) is 11.6 Å². The quantitative estimate of drug-likeness (QED) is 0.295. The number of nitrogens with zero attached hydrogens (tertiary/aromatic N) is 2. The summed E-state index contributed by atoms with van der Waals surface area (Å²) in [5.74, 6) is -0.279. The van der Waals surface area contributed by atoms with E-state index < -0.39 is 25.3 Å². The molecule has 1 aliphatic heterocycles. The summed E-state index contributed by atoms with van der Waals surface area (Å²) in [5.41, 5.74) is 0.00820. The number of ether oxygens (including phenoxy) is 2. The molecule has 0 saturated carbocycles. The van der Waals surface area contributed by atoms with Gasteiger partial charge in [0.25, 0.3) is 0 Å². The first-order valence-electron chi connectivity index (χ1n) is 13.6. The molecular formula is C27H44N3O8P. The molecule has 1 saturated heterocycles. The molecule has 3 amide bonds. The second kappa shape index (κ2) is 15.2. The van der Waals surface area contributed by atoms with Gasteiger partial charge in [-0.1, -0.05) is 25.5 Å². The number of piperazine rings is 1. The fraction of sp³-hybridized carbons (Fsp3) is 0.667. The fourth-order valence-electron chi connectivity index (χ4n) is 3.95.